The number of hydrogen-bond donors (Lipinski definition) is 1. The van der Waals surface area contributed by atoms with Gasteiger partial charge in [-0.05, 0) is 40.2 Å². The molecule has 0 spiro atoms. The van der Waals surface area contributed by atoms with Crippen LogP contribution in [0, 0.1) is 0 Å². The third kappa shape index (κ3) is 1.80. The Balaban J connectivity index is 2.22. The average molecular weight is 290 g/mol. The molecule has 3 nitrogen and oxygen atoms in total. The normalized spacial score (nSPS) is 11.8. The minimum atomic E-state index is -0.0688. The summed E-state index contributed by atoms with van der Waals surface area (Å²) in [6, 6.07) is 12.4. The van der Waals surface area contributed by atoms with Gasteiger partial charge in [0.15, 0.2) is 16.9 Å². The maximum atomic E-state index is 11.4. The van der Waals surface area contributed by atoms with Crippen molar-refractivity contribution in [2.75, 3.05) is 5.32 Å². The fourth-order valence-electron chi connectivity index (χ4n) is 1.72. The number of fused-ring (bicyclic) bond motifs is 2. The van der Waals surface area contributed by atoms with Crippen molar-refractivity contribution in [3.8, 4) is 11.5 Å². The third-order valence-electron chi connectivity index (χ3n) is 2.51. The maximum Gasteiger partial charge on any atom is 0.179 e. The Labute approximate surface area is 106 Å². The van der Waals surface area contributed by atoms with Crippen LogP contribution in [0.3, 0.4) is 0 Å². The van der Waals surface area contributed by atoms with Crippen LogP contribution in [-0.4, -0.2) is 0 Å². The number of halogens is 1. The minimum Gasteiger partial charge on any atom is -0.452 e. The summed E-state index contributed by atoms with van der Waals surface area (Å²) in [4.78, 5) is 11.4. The predicted molar refractivity (Wildman–Crippen MR) is 70.2 cm³/mol. The molecular weight excluding hydrogens is 282 g/mol. The van der Waals surface area contributed by atoms with Gasteiger partial charge in [0, 0.05) is 6.07 Å². The van der Waals surface area contributed by atoms with E-state index < -0.39 is 0 Å². The number of rotatable bonds is 0. The van der Waals surface area contributed by atoms with E-state index in [1.807, 2.05) is 24.3 Å². The van der Waals surface area contributed by atoms with Crippen molar-refractivity contribution in [3.05, 3.63) is 57.2 Å². The van der Waals surface area contributed by atoms with E-state index in [-0.39, 0.29) is 5.43 Å². The molecule has 17 heavy (non-hydrogen) atoms. The van der Waals surface area contributed by atoms with E-state index in [1.165, 1.54) is 12.1 Å². The molecule has 0 aromatic heterocycles. The van der Waals surface area contributed by atoms with Gasteiger partial charge >= 0.3 is 0 Å². The van der Waals surface area contributed by atoms with Gasteiger partial charge in [0.25, 0.3) is 0 Å². The first kappa shape index (κ1) is 10.4. The smallest absolute Gasteiger partial charge is 0.179 e. The first-order valence-corrected chi connectivity index (χ1v) is 5.91. The van der Waals surface area contributed by atoms with E-state index in [0.29, 0.717) is 10.2 Å². The van der Waals surface area contributed by atoms with Crippen molar-refractivity contribution >= 4 is 27.3 Å². The second kappa shape index (κ2) is 3.89. The van der Waals surface area contributed by atoms with Gasteiger partial charge in [-0.25, -0.2) is 0 Å². The Hall–Kier alpha value is -1.81. The summed E-state index contributed by atoms with van der Waals surface area (Å²) in [7, 11) is 0. The van der Waals surface area contributed by atoms with Crippen LogP contribution in [0.2, 0.25) is 0 Å². The van der Waals surface area contributed by atoms with Crippen molar-refractivity contribution in [3.63, 3.8) is 0 Å². The second-order valence-corrected chi connectivity index (χ2v) is 4.55. The lowest BCUT2D eigenvalue weighted by Gasteiger charge is -2.20. The number of hydrogen-bond acceptors (Lipinski definition) is 3. The summed E-state index contributed by atoms with van der Waals surface area (Å²) in [6.45, 7) is 0. The van der Waals surface area contributed by atoms with Crippen LogP contribution in [0.4, 0.5) is 11.4 Å². The fraction of sp³-hybridized carbons (Fsp3) is 0. The van der Waals surface area contributed by atoms with Crippen LogP contribution in [0.25, 0.3) is 0 Å². The fourth-order valence-corrected chi connectivity index (χ4v) is 2.24. The predicted octanol–water partition coefficient (Wildman–Crippen LogP) is 3.66. The highest BCUT2D eigenvalue weighted by molar-refractivity contribution is 9.10. The molecule has 0 atom stereocenters. The molecule has 0 aliphatic carbocycles. The molecule has 0 saturated heterocycles. The number of anilines is 2. The summed E-state index contributed by atoms with van der Waals surface area (Å²) in [5, 5.41) is 3.23. The molecule has 2 aromatic rings. The molecule has 3 rings (SSSR count). The lowest BCUT2D eigenvalue weighted by molar-refractivity contribution is 0.479. The molecule has 0 unspecified atom stereocenters. The summed E-state index contributed by atoms with van der Waals surface area (Å²) in [5.41, 5.74) is 1.60. The molecule has 4 heteroatoms. The number of benzene rings is 1. The number of para-hydroxylation sites is 2. The Morgan fingerprint density at radius 1 is 1.06 bits per heavy atom. The summed E-state index contributed by atoms with van der Waals surface area (Å²) >= 11 is 3.35. The highest BCUT2D eigenvalue weighted by Crippen LogP contribution is 2.44. The van der Waals surface area contributed by atoms with Crippen LogP contribution >= 0.6 is 15.9 Å². The van der Waals surface area contributed by atoms with Gasteiger partial charge in [0.1, 0.15) is 0 Å². The zero-order valence-corrected chi connectivity index (χ0v) is 10.3. The molecule has 0 bridgehead atoms. The van der Waals surface area contributed by atoms with Crippen molar-refractivity contribution < 1.29 is 4.74 Å². The average Bonchev–Trinajstić information content (AvgIpc) is 2.47. The summed E-state index contributed by atoms with van der Waals surface area (Å²) in [5.74, 6) is 1.38. The topological polar surface area (TPSA) is 38.3 Å². The van der Waals surface area contributed by atoms with Crippen LogP contribution in [0.5, 0.6) is 11.5 Å². The minimum absolute atomic E-state index is 0.0688. The van der Waals surface area contributed by atoms with E-state index in [2.05, 4.69) is 21.2 Å². The number of ether oxygens (including phenoxy) is 1. The Morgan fingerprint density at radius 2 is 1.88 bits per heavy atom. The Bertz CT molecular complexity index is 655. The van der Waals surface area contributed by atoms with Gasteiger partial charge < -0.3 is 10.1 Å². The van der Waals surface area contributed by atoms with E-state index in [0.717, 1.165) is 17.1 Å². The van der Waals surface area contributed by atoms with E-state index in [9.17, 15) is 4.79 Å². The molecule has 2 aromatic carbocycles. The molecule has 0 amide bonds. The van der Waals surface area contributed by atoms with Gasteiger partial charge in [-0.3, -0.25) is 4.79 Å². The lowest BCUT2D eigenvalue weighted by atomic mass is 10.2. The first-order valence-electron chi connectivity index (χ1n) is 5.12. The molecule has 1 aliphatic heterocycles. The second-order valence-electron chi connectivity index (χ2n) is 3.69. The van der Waals surface area contributed by atoms with Gasteiger partial charge in [0.05, 0.1) is 15.8 Å². The molecule has 1 heterocycles. The van der Waals surface area contributed by atoms with Gasteiger partial charge in [0.2, 0.25) is 0 Å². The van der Waals surface area contributed by atoms with Crippen LogP contribution in [0.1, 0.15) is 0 Å². The third-order valence-corrected chi connectivity index (χ3v) is 3.10. The zero-order valence-electron chi connectivity index (χ0n) is 8.74. The van der Waals surface area contributed by atoms with Gasteiger partial charge in [-0.2, -0.15) is 0 Å². The molecule has 1 N–H and O–H groups in total. The monoisotopic (exact) mass is 289 g/mol. The van der Waals surface area contributed by atoms with Crippen molar-refractivity contribution in [1.29, 1.82) is 0 Å². The van der Waals surface area contributed by atoms with Gasteiger partial charge in [-0.1, -0.05) is 12.1 Å². The molecule has 0 radical (unpaired) electrons. The van der Waals surface area contributed by atoms with Crippen LogP contribution in [0.15, 0.2) is 51.7 Å². The summed E-state index contributed by atoms with van der Waals surface area (Å²) in [6.07, 6.45) is 0. The van der Waals surface area contributed by atoms with Crippen LogP contribution < -0.4 is 15.5 Å². The molecule has 1 aliphatic rings. The van der Waals surface area contributed by atoms with Gasteiger partial charge in [-0.15, -0.1) is 0 Å². The Morgan fingerprint density at radius 3 is 2.76 bits per heavy atom. The van der Waals surface area contributed by atoms with Crippen LogP contribution in [-0.2, 0) is 0 Å². The van der Waals surface area contributed by atoms with E-state index in [4.69, 9.17) is 4.74 Å². The number of nitrogens with one attached hydrogen (secondary N) is 1. The van der Waals surface area contributed by atoms with Crippen molar-refractivity contribution in [2.45, 2.75) is 0 Å². The zero-order chi connectivity index (χ0) is 11.8. The standard InChI is InChI=1S/C13H8BrNO2/c14-9-7-8(16)5-6-11-13(9)17-12-4-2-1-3-10(12)15-11/h1-7,15H. The molecule has 0 saturated carbocycles. The van der Waals surface area contributed by atoms with Crippen molar-refractivity contribution in [2.24, 2.45) is 0 Å². The van der Waals surface area contributed by atoms with Crippen molar-refractivity contribution in [1.82, 2.24) is 0 Å². The van der Waals surface area contributed by atoms with E-state index >= 15 is 0 Å². The maximum absolute atomic E-state index is 11.4. The quantitative estimate of drug-likeness (QED) is 0.686. The highest BCUT2D eigenvalue weighted by atomic mass is 79.9. The molecule has 84 valence electrons. The Kier molecular flexibility index (Phi) is 2.37. The summed E-state index contributed by atoms with van der Waals surface area (Å²) < 4.78 is 6.42. The molecule has 0 fully saturated rings. The van der Waals surface area contributed by atoms with E-state index in [1.54, 1.807) is 6.07 Å². The highest BCUT2D eigenvalue weighted by Gasteiger charge is 2.17. The SMILES string of the molecule is O=c1ccc2c(c(Br)c1)Oc1ccccc1N2. The lowest BCUT2D eigenvalue weighted by Crippen LogP contribution is -2.01. The first-order chi connectivity index (χ1) is 8.24. The largest absolute Gasteiger partial charge is 0.452 e. The molecular formula is C13H8BrNO2.